The first-order valence-corrected chi connectivity index (χ1v) is 4.32. The molecule has 1 aromatic rings. The normalized spacial score (nSPS) is 13.4. The number of hydrogen-bond donors (Lipinski definition) is 1. The highest BCUT2D eigenvalue weighted by Gasteiger charge is 2.19. The van der Waals surface area contributed by atoms with E-state index in [1.54, 1.807) is 0 Å². The number of fused-ring (bicyclic) bond motifs is 1. The highest BCUT2D eigenvalue weighted by Crippen LogP contribution is 2.38. The quantitative estimate of drug-likeness (QED) is 0.744. The van der Waals surface area contributed by atoms with Gasteiger partial charge in [0.2, 0.25) is 6.79 Å². The molecule has 1 heterocycles. The molecule has 1 aliphatic heterocycles. The lowest BCUT2D eigenvalue weighted by molar-refractivity contribution is 0.172. The van der Waals surface area contributed by atoms with Crippen LogP contribution in [-0.4, -0.2) is 18.5 Å². The Bertz CT molecular complexity index is 320. The summed E-state index contributed by atoms with van der Waals surface area (Å²) in [5, 5.41) is 8.82. The van der Waals surface area contributed by atoms with Crippen LogP contribution >= 0.6 is 0 Å². The van der Waals surface area contributed by atoms with E-state index in [0.29, 0.717) is 13.2 Å². The molecule has 1 aromatic carbocycles. The van der Waals surface area contributed by atoms with Gasteiger partial charge in [-0.05, 0) is 18.9 Å². The van der Waals surface area contributed by atoms with Crippen LogP contribution in [0, 0.1) is 6.92 Å². The van der Waals surface area contributed by atoms with Crippen LogP contribution in [0.15, 0.2) is 12.1 Å². The molecule has 0 radical (unpaired) electrons. The lowest BCUT2D eigenvalue weighted by Gasteiger charge is -2.05. The van der Waals surface area contributed by atoms with Gasteiger partial charge in [-0.1, -0.05) is 12.1 Å². The molecule has 0 saturated carbocycles. The first-order chi connectivity index (χ1) is 6.33. The Labute approximate surface area is 76.9 Å². The van der Waals surface area contributed by atoms with E-state index < -0.39 is 0 Å². The zero-order chi connectivity index (χ0) is 9.26. The van der Waals surface area contributed by atoms with E-state index in [0.717, 1.165) is 22.6 Å². The van der Waals surface area contributed by atoms with Gasteiger partial charge in [-0.15, -0.1) is 0 Å². The number of rotatable bonds is 2. The highest BCUT2D eigenvalue weighted by atomic mass is 16.7. The molecule has 3 heteroatoms. The number of aryl methyl sites for hydroxylation is 1. The van der Waals surface area contributed by atoms with E-state index in [9.17, 15) is 0 Å². The molecule has 0 aromatic heterocycles. The SMILES string of the molecule is Cc1ccc(CCO)c2c1OCO2. The maximum Gasteiger partial charge on any atom is 0.231 e. The number of benzene rings is 1. The van der Waals surface area contributed by atoms with Crippen molar-refractivity contribution in [2.45, 2.75) is 13.3 Å². The predicted molar refractivity (Wildman–Crippen MR) is 48.1 cm³/mol. The van der Waals surface area contributed by atoms with Gasteiger partial charge >= 0.3 is 0 Å². The summed E-state index contributed by atoms with van der Waals surface area (Å²) in [6.07, 6.45) is 0.617. The molecule has 0 saturated heterocycles. The molecule has 1 aliphatic rings. The van der Waals surface area contributed by atoms with Crippen molar-refractivity contribution < 1.29 is 14.6 Å². The Hall–Kier alpha value is -1.22. The summed E-state index contributed by atoms with van der Waals surface area (Å²) in [6, 6.07) is 3.96. The minimum atomic E-state index is 0.138. The minimum absolute atomic E-state index is 0.138. The maximum atomic E-state index is 8.82. The van der Waals surface area contributed by atoms with Crippen molar-refractivity contribution in [1.29, 1.82) is 0 Å². The Kier molecular flexibility index (Phi) is 2.10. The molecule has 3 nitrogen and oxygen atoms in total. The van der Waals surface area contributed by atoms with E-state index in [-0.39, 0.29) is 6.61 Å². The van der Waals surface area contributed by atoms with Crippen LogP contribution in [0.5, 0.6) is 11.5 Å². The molecular formula is C10H12O3. The molecule has 0 spiro atoms. The first kappa shape index (κ1) is 8.38. The second-order valence-corrected chi connectivity index (χ2v) is 3.08. The summed E-state index contributed by atoms with van der Waals surface area (Å²) in [6.45, 7) is 2.41. The van der Waals surface area contributed by atoms with Crippen molar-refractivity contribution in [2.75, 3.05) is 13.4 Å². The lowest BCUT2D eigenvalue weighted by atomic mass is 10.1. The predicted octanol–water partition coefficient (Wildman–Crippen LogP) is 1.26. The van der Waals surface area contributed by atoms with Gasteiger partial charge in [0.1, 0.15) is 0 Å². The number of aliphatic hydroxyl groups is 1. The average molecular weight is 180 g/mol. The molecule has 13 heavy (non-hydrogen) atoms. The van der Waals surface area contributed by atoms with E-state index in [4.69, 9.17) is 14.6 Å². The summed E-state index contributed by atoms with van der Waals surface area (Å²) < 4.78 is 10.6. The molecule has 0 atom stereocenters. The van der Waals surface area contributed by atoms with Crippen LogP contribution in [0.2, 0.25) is 0 Å². The van der Waals surface area contributed by atoms with Gasteiger partial charge < -0.3 is 14.6 Å². The van der Waals surface area contributed by atoms with E-state index in [1.165, 1.54) is 0 Å². The Morgan fingerprint density at radius 1 is 1.31 bits per heavy atom. The summed E-state index contributed by atoms with van der Waals surface area (Å²) in [7, 11) is 0. The Morgan fingerprint density at radius 2 is 2.08 bits per heavy atom. The zero-order valence-corrected chi connectivity index (χ0v) is 7.54. The third-order valence-corrected chi connectivity index (χ3v) is 2.18. The second-order valence-electron chi connectivity index (χ2n) is 3.08. The fourth-order valence-electron chi connectivity index (χ4n) is 1.50. The summed E-state index contributed by atoms with van der Waals surface area (Å²) in [5.74, 6) is 1.63. The average Bonchev–Trinajstić information content (AvgIpc) is 2.59. The number of hydrogen-bond acceptors (Lipinski definition) is 3. The van der Waals surface area contributed by atoms with Gasteiger partial charge in [-0.2, -0.15) is 0 Å². The van der Waals surface area contributed by atoms with Crippen molar-refractivity contribution in [2.24, 2.45) is 0 Å². The maximum absolute atomic E-state index is 8.82. The molecule has 0 bridgehead atoms. The molecule has 0 aliphatic carbocycles. The Balaban J connectivity index is 2.43. The van der Waals surface area contributed by atoms with E-state index in [1.807, 2.05) is 19.1 Å². The molecule has 0 amide bonds. The van der Waals surface area contributed by atoms with Gasteiger partial charge in [0.05, 0.1) is 0 Å². The van der Waals surface area contributed by atoms with Crippen molar-refractivity contribution in [3.8, 4) is 11.5 Å². The molecule has 0 unspecified atom stereocenters. The highest BCUT2D eigenvalue weighted by molar-refractivity contribution is 5.52. The Morgan fingerprint density at radius 3 is 2.85 bits per heavy atom. The number of aliphatic hydroxyl groups excluding tert-OH is 1. The largest absolute Gasteiger partial charge is 0.453 e. The summed E-state index contributed by atoms with van der Waals surface area (Å²) in [4.78, 5) is 0. The second kappa shape index (κ2) is 3.26. The van der Waals surface area contributed by atoms with Gasteiger partial charge in [0.15, 0.2) is 11.5 Å². The minimum Gasteiger partial charge on any atom is -0.453 e. The van der Waals surface area contributed by atoms with Crippen molar-refractivity contribution in [3.63, 3.8) is 0 Å². The lowest BCUT2D eigenvalue weighted by Crippen LogP contribution is -1.95. The monoisotopic (exact) mass is 180 g/mol. The fourth-order valence-corrected chi connectivity index (χ4v) is 1.50. The van der Waals surface area contributed by atoms with Crippen LogP contribution in [0.25, 0.3) is 0 Å². The van der Waals surface area contributed by atoms with Gasteiger partial charge in [-0.3, -0.25) is 0 Å². The molecule has 0 fully saturated rings. The smallest absolute Gasteiger partial charge is 0.231 e. The van der Waals surface area contributed by atoms with Crippen LogP contribution in [-0.2, 0) is 6.42 Å². The third-order valence-electron chi connectivity index (χ3n) is 2.18. The van der Waals surface area contributed by atoms with Crippen LogP contribution in [0.3, 0.4) is 0 Å². The van der Waals surface area contributed by atoms with Crippen molar-refractivity contribution in [3.05, 3.63) is 23.3 Å². The topological polar surface area (TPSA) is 38.7 Å². The van der Waals surface area contributed by atoms with E-state index >= 15 is 0 Å². The van der Waals surface area contributed by atoms with E-state index in [2.05, 4.69) is 0 Å². The van der Waals surface area contributed by atoms with Gasteiger partial charge in [-0.25, -0.2) is 0 Å². The van der Waals surface area contributed by atoms with Crippen LogP contribution < -0.4 is 9.47 Å². The fraction of sp³-hybridized carbons (Fsp3) is 0.400. The standard InChI is InChI=1S/C10H12O3/c1-7-2-3-8(4-5-11)10-9(7)12-6-13-10/h2-3,11H,4-6H2,1H3. The third kappa shape index (κ3) is 1.35. The van der Waals surface area contributed by atoms with Gasteiger partial charge in [0, 0.05) is 12.2 Å². The van der Waals surface area contributed by atoms with Crippen LogP contribution in [0.4, 0.5) is 0 Å². The van der Waals surface area contributed by atoms with Crippen molar-refractivity contribution >= 4 is 0 Å². The van der Waals surface area contributed by atoms with Gasteiger partial charge in [0.25, 0.3) is 0 Å². The first-order valence-electron chi connectivity index (χ1n) is 4.32. The molecule has 1 N–H and O–H groups in total. The molecular weight excluding hydrogens is 168 g/mol. The number of ether oxygens (including phenoxy) is 2. The molecule has 70 valence electrons. The zero-order valence-electron chi connectivity index (χ0n) is 7.54. The summed E-state index contributed by atoms with van der Waals surface area (Å²) >= 11 is 0. The summed E-state index contributed by atoms with van der Waals surface area (Å²) in [5.41, 5.74) is 2.09. The van der Waals surface area contributed by atoms with Crippen molar-refractivity contribution in [1.82, 2.24) is 0 Å². The molecule has 2 rings (SSSR count). The van der Waals surface area contributed by atoms with Crippen LogP contribution in [0.1, 0.15) is 11.1 Å².